The molecule has 0 spiro atoms. The van der Waals surface area contributed by atoms with E-state index in [2.05, 4.69) is 15.9 Å². The molecule has 1 atom stereocenters. The van der Waals surface area contributed by atoms with Gasteiger partial charge in [0.2, 0.25) is 0 Å². The van der Waals surface area contributed by atoms with Gasteiger partial charge >= 0.3 is 10.3 Å². The van der Waals surface area contributed by atoms with Crippen molar-refractivity contribution in [2.75, 3.05) is 19.7 Å². The minimum absolute atomic E-state index is 0.0663. The zero-order valence-electron chi connectivity index (χ0n) is 13.5. The summed E-state index contributed by atoms with van der Waals surface area (Å²) in [6, 6.07) is 16.4. The van der Waals surface area contributed by atoms with Gasteiger partial charge in [-0.05, 0) is 30.2 Å². The quantitative estimate of drug-likeness (QED) is 0.598. The summed E-state index contributed by atoms with van der Waals surface area (Å²) >= 11 is 3.32. The minimum atomic E-state index is -4.41. The zero-order chi connectivity index (χ0) is 18.3. The Morgan fingerprint density at radius 3 is 2.48 bits per heavy atom. The summed E-state index contributed by atoms with van der Waals surface area (Å²) in [5.41, 5.74) is 0.941. The van der Waals surface area contributed by atoms with Crippen LogP contribution in [0.2, 0.25) is 0 Å². The molecule has 8 heteroatoms. The van der Waals surface area contributed by atoms with E-state index in [1.54, 1.807) is 18.2 Å². The third-order valence-corrected chi connectivity index (χ3v) is 4.95. The van der Waals surface area contributed by atoms with E-state index < -0.39 is 16.4 Å². The first kappa shape index (κ1) is 19.9. The Morgan fingerprint density at radius 2 is 1.84 bits per heavy atom. The number of hydrogen-bond acceptors (Lipinski definition) is 4. The van der Waals surface area contributed by atoms with Crippen molar-refractivity contribution in [2.45, 2.75) is 12.5 Å². The van der Waals surface area contributed by atoms with Crippen LogP contribution in [-0.4, -0.2) is 48.2 Å². The monoisotopic (exact) mass is 429 g/mol. The zero-order valence-corrected chi connectivity index (χ0v) is 15.9. The Kier molecular flexibility index (Phi) is 7.39. The lowest BCUT2D eigenvalue weighted by Crippen LogP contribution is -2.40. The van der Waals surface area contributed by atoms with Crippen molar-refractivity contribution in [2.24, 2.45) is 0 Å². The highest BCUT2D eigenvalue weighted by atomic mass is 79.9. The lowest BCUT2D eigenvalue weighted by molar-refractivity contribution is 0.0874. The number of ether oxygens (including phenoxy) is 1. The summed E-state index contributed by atoms with van der Waals surface area (Å²) < 4.78 is 39.5. The van der Waals surface area contributed by atoms with E-state index in [4.69, 9.17) is 4.74 Å². The van der Waals surface area contributed by atoms with Gasteiger partial charge in [-0.2, -0.15) is 12.7 Å². The third kappa shape index (κ3) is 7.13. The van der Waals surface area contributed by atoms with Crippen LogP contribution in [0.3, 0.4) is 0 Å². The molecule has 0 saturated heterocycles. The molecule has 0 aliphatic heterocycles. The van der Waals surface area contributed by atoms with Crippen molar-refractivity contribution < 1.29 is 22.8 Å². The minimum Gasteiger partial charge on any atom is -0.491 e. The van der Waals surface area contributed by atoms with Crippen LogP contribution in [0, 0.1) is 0 Å². The molecule has 2 N–H and O–H groups in total. The van der Waals surface area contributed by atoms with Gasteiger partial charge in [0.05, 0.1) is 0 Å². The fraction of sp³-hybridized carbons (Fsp3) is 0.294. The summed E-state index contributed by atoms with van der Waals surface area (Å²) in [5.74, 6) is 0.552. The molecule has 0 bridgehead atoms. The SMILES string of the molecule is O=S(=O)(O)N(CCc1ccccc1)C[C@H](O)COc1cccc(Br)c1. The Bertz CT molecular complexity index is 770. The van der Waals surface area contributed by atoms with Crippen LogP contribution in [0.4, 0.5) is 0 Å². The summed E-state index contributed by atoms with van der Waals surface area (Å²) in [5, 5.41) is 10.1. The van der Waals surface area contributed by atoms with Crippen molar-refractivity contribution >= 4 is 26.2 Å². The maximum Gasteiger partial charge on any atom is 0.336 e. The van der Waals surface area contributed by atoms with E-state index in [1.165, 1.54) is 0 Å². The third-order valence-electron chi connectivity index (χ3n) is 3.47. The molecule has 0 saturated carbocycles. The lowest BCUT2D eigenvalue weighted by atomic mass is 10.1. The second-order valence-electron chi connectivity index (χ2n) is 5.49. The Balaban J connectivity index is 1.90. The molecular weight excluding hydrogens is 410 g/mol. The number of hydrogen-bond donors (Lipinski definition) is 2. The molecule has 2 aromatic carbocycles. The maximum absolute atomic E-state index is 11.5. The first-order valence-corrected chi connectivity index (χ1v) is 9.86. The number of aliphatic hydroxyl groups is 1. The van der Waals surface area contributed by atoms with Crippen LogP contribution in [0.15, 0.2) is 59.1 Å². The first-order valence-electron chi connectivity index (χ1n) is 7.67. The highest BCUT2D eigenvalue weighted by Crippen LogP contribution is 2.18. The van der Waals surface area contributed by atoms with Gasteiger partial charge in [-0.25, -0.2) is 0 Å². The summed E-state index contributed by atoms with van der Waals surface area (Å²) in [7, 11) is -4.41. The molecule has 136 valence electrons. The second-order valence-corrected chi connectivity index (χ2v) is 7.82. The smallest absolute Gasteiger partial charge is 0.336 e. The number of rotatable bonds is 9. The molecule has 0 aliphatic carbocycles. The Morgan fingerprint density at radius 1 is 1.12 bits per heavy atom. The molecule has 2 aromatic rings. The van der Waals surface area contributed by atoms with Gasteiger partial charge in [-0.1, -0.05) is 52.3 Å². The average molecular weight is 430 g/mol. The Hall–Kier alpha value is -1.45. The summed E-state index contributed by atoms with van der Waals surface area (Å²) in [4.78, 5) is 0. The number of nitrogens with zero attached hydrogens (tertiary/aromatic N) is 1. The topological polar surface area (TPSA) is 87.1 Å². The van der Waals surface area contributed by atoms with E-state index in [0.29, 0.717) is 12.2 Å². The van der Waals surface area contributed by atoms with Crippen molar-refractivity contribution in [3.05, 3.63) is 64.6 Å². The van der Waals surface area contributed by atoms with Gasteiger partial charge in [-0.15, -0.1) is 0 Å². The van der Waals surface area contributed by atoms with Crippen LogP contribution in [0.5, 0.6) is 5.75 Å². The van der Waals surface area contributed by atoms with Crippen LogP contribution in [-0.2, 0) is 16.7 Å². The fourth-order valence-corrected chi connectivity index (χ4v) is 3.30. The van der Waals surface area contributed by atoms with E-state index in [9.17, 15) is 18.1 Å². The van der Waals surface area contributed by atoms with Crippen LogP contribution in [0.25, 0.3) is 0 Å². The molecule has 0 unspecified atom stereocenters. The molecule has 25 heavy (non-hydrogen) atoms. The van der Waals surface area contributed by atoms with Gasteiger partial charge < -0.3 is 9.84 Å². The molecule has 0 radical (unpaired) electrons. The van der Waals surface area contributed by atoms with Crippen LogP contribution < -0.4 is 4.74 Å². The van der Waals surface area contributed by atoms with Gasteiger partial charge in [0, 0.05) is 17.6 Å². The van der Waals surface area contributed by atoms with Crippen molar-refractivity contribution in [1.82, 2.24) is 4.31 Å². The number of aliphatic hydroxyl groups excluding tert-OH is 1. The number of benzene rings is 2. The molecule has 2 rings (SSSR count). The molecule has 0 fully saturated rings. The van der Waals surface area contributed by atoms with E-state index in [1.807, 2.05) is 36.4 Å². The van der Waals surface area contributed by atoms with E-state index >= 15 is 0 Å². The maximum atomic E-state index is 11.5. The molecular formula is C17H20BrNO5S. The predicted molar refractivity (Wildman–Crippen MR) is 98.9 cm³/mol. The molecule has 0 aliphatic rings. The van der Waals surface area contributed by atoms with E-state index in [0.717, 1.165) is 14.3 Å². The van der Waals surface area contributed by atoms with Gasteiger partial charge in [-0.3, -0.25) is 4.55 Å². The highest BCUT2D eigenvalue weighted by molar-refractivity contribution is 9.10. The van der Waals surface area contributed by atoms with Crippen molar-refractivity contribution in [1.29, 1.82) is 0 Å². The second kappa shape index (κ2) is 9.30. The molecule has 0 heterocycles. The van der Waals surface area contributed by atoms with Gasteiger partial charge in [0.1, 0.15) is 18.5 Å². The van der Waals surface area contributed by atoms with Gasteiger partial charge in [0.25, 0.3) is 0 Å². The average Bonchev–Trinajstić information content (AvgIpc) is 2.57. The molecule has 0 aromatic heterocycles. The van der Waals surface area contributed by atoms with E-state index in [-0.39, 0.29) is 19.7 Å². The largest absolute Gasteiger partial charge is 0.491 e. The molecule has 0 amide bonds. The van der Waals surface area contributed by atoms with Crippen LogP contribution in [0.1, 0.15) is 5.56 Å². The summed E-state index contributed by atoms with van der Waals surface area (Å²) in [6.07, 6.45) is -0.642. The predicted octanol–water partition coefficient (Wildman–Crippen LogP) is 2.54. The van der Waals surface area contributed by atoms with Crippen LogP contribution >= 0.6 is 15.9 Å². The van der Waals surface area contributed by atoms with Crippen molar-refractivity contribution in [3.63, 3.8) is 0 Å². The first-order chi connectivity index (χ1) is 11.8. The summed E-state index contributed by atoms with van der Waals surface area (Å²) in [6.45, 7) is -0.274. The highest BCUT2D eigenvalue weighted by Gasteiger charge is 2.22. The van der Waals surface area contributed by atoms with Gasteiger partial charge in [0.15, 0.2) is 0 Å². The number of halogens is 1. The van der Waals surface area contributed by atoms with Crippen molar-refractivity contribution in [3.8, 4) is 5.75 Å². The normalized spacial score (nSPS) is 13.0. The lowest BCUT2D eigenvalue weighted by Gasteiger charge is -2.22. The Labute approximate surface area is 156 Å². The fourth-order valence-electron chi connectivity index (χ4n) is 2.24. The standard InChI is InChI=1S/C17H20BrNO5S/c18-15-7-4-8-17(11-15)24-13-16(20)12-19(25(21,22)23)10-9-14-5-2-1-3-6-14/h1-8,11,16,20H,9-10,12-13H2,(H,21,22,23)/t16-/m0/s1. The molecule has 6 nitrogen and oxygen atoms in total.